The van der Waals surface area contributed by atoms with E-state index in [0.29, 0.717) is 6.04 Å². The highest BCUT2D eigenvalue weighted by molar-refractivity contribution is 5.72. The summed E-state index contributed by atoms with van der Waals surface area (Å²) in [5, 5.41) is 0. The summed E-state index contributed by atoms with van der Waals surface area (Å²) in [5.74, 6) is 2.00. The fraction of sp³-hybridized carbons (Fsp3) is 0.471. The van der Waals surface area contributed by atoms with E-state index >= 15 is 0 Å². The van der Waals surface area contributed by atoms with Crippen LogP contribution in [0.3, 0.4) is 0 Å². The van der Waals surface area contributed by atoms with E-state index in [9.17, 15) is 0 Å². The number of rotatable bonds is 4. The zero-order valence-electron chi connectivity index (χ0n) is 12.6. The molecule has 20 heavy (non-hydrogen) atoms. The molecule has 2 N–H and O–H groups in total. The van der Waals surface area contributed by atoms with Crippen molar-refractivity contribution in [1.29, 1.82) is 0 Å². The molecule has 106 valence electrons. The third-order valence-corrected chi connectivity index (χ3v) is 4.19. The summed E-state index contributed by atoms with van der Waals surface area (Å²) in [6.07, 6.45) is 4.59. The molecule has 1 saturated carbocycles. The molecule has 3 nitrogen and oxygen atoms in total. The van der Waals surface area contributed by atoms with Crippen LogP contribution in [0.2, 0.25) is 0 Å². The molecule has 0 aliphatic heterocycles. The van der Waals surface area contributed by atoms with Gasteiger partial charge in [-0.05, 0) is 50.3 Å². The lowest BCUT2D eigenvalue weighted by molar-refractivity contribution is 0.676. The van der Waals surface area contributed by atoms with Crippen LogP contribution in [0.15, 0.2) is 18.2 Å². The minimum atomic E-state index is 0.587. The zero-order valence-corrected chi connectivity index (χ0v) is 12.6. The van der Waals surface area contributed by atoms with Crippen LogP contribution in [0.5, 0.6) is 0 Å². The van der Waals surface area contributed by atoms with Crippen molar-refractivity contribution in [3.8, 4) is 11.3 Å². The molecule has 1 aliphatic carbocycles. The number of aromatic nitrogens is 2. The van der Waals surface area contributed by atoms with Gasteiger partial charge in [0.1, 0.15) is 17.3 Å². The predicted octanol–water partition coefficient (Wildman–Crippen LogP) is 4.04. The first-order valence-corrected chi connectivity index (χ1v) is 7.56. The number of imidazole rings is 1. The van der Waals surface area contributed by atoms with E-state index in [1.165, 1.54) is 24.0 Å². The number of hydrogen-bond acceptors (Lipinski definition) is 2. The average molecular weight is 269 g/mol. The van der Waals surface area contributed by atoms with Crippen molar-refractivity contribution in [2.24, 2.45) is 0 Å². The summed E-state index contributed by atoms with van der Waals surface area (Å²) < 4.78 is 2.27. The molecule has 0 spiro atoms. The predicted molar refractivity (Wildman–Crippen MR) is 83.8 cm³/mol. The Morgan fingerprint density at radius 1 is 1.25 bits per heavy atom. The highest BCUT2D eigenvalue weighted by Gasteiger charge is 2.29. The molecule has 3 rings (SSSR count). The fourth-order valence-electron chi connectivity index (χ4n) is 2.73. The van der Waals surface area contributed by atoms with Gasteiger partial charge >= 0.3 is 0 Å². The van der Waals surface area contributed by atoms with Gasteiger partial charge in [-0.15, -0.1) is 0 Å². The number of nitrogens with two attached hydrogens (primary N) is 1. The minimum Gasteiger partial charge on any atom is -0.383 e. The van der Waals surface area contributed by atoms with E-state index in [-0.39, 0.29) is 0 Å². The summed E-state index contributed by atoms with van der Waals surface area (Å²) in [6.45, 7) is 6.46. The van der Waals surface area contributed by atoms with Crippen molar-refractivity contribution in [3.05, 3.63) is 35.2 Å². The standard InChI is InChI=1S/C17H23N3/c1-4-5-15-19-16(17(18)20(15)14-8-9-14)13-7-6-11(2)12(3)10-13/h6-7,10,14H,4-5,8-9,18H2,1-3H3. The number of nitrogen functional groups attached to an aromatic ring is 1. The van der Waals surface area contributed by atoms with Gasteiger partial charge < -0.3 is 10.3 Å². The third kappa shape index (κ3) is 2.21. The van der Waals surface area contributed by atoms with Gasteiger partial charge in [0.2, 0.25) is 0 Å². The van der Waals surface area contributed by atoms with Crippen LogP contribution in [-0.2, 0) is 6.42 Å². The van der Waals surface area contributed by atoms with Crippen molar-refractivity contribution >= 4 is 5.82 Å². The summed E-state index contributed by atoms with van der Waals surface area (Å²) in [6, 6.07) is 7.07. The molecule has 0 bridgehead atoms. The largest absolute Gasteiger partial charge is 0.383 e. The molecule has 0 unspecified atom stereocenters. The van der Waals surface area contributed by atoms with E-state index < -0.39 is 0 Å². The van der Waals surface area contributed by atoms with Gasteiger partial charge in [0.25, 0.3) is 0 Å². The summed E-state index contributed by atoms with van der Waals surface area (Å²) >= 11 is 0. The Labute approximate surface area is 120 Å². The molecular formula is C17H23N3. The molecule has 1 fully saturated rings. The van der Waals surface area contributed by atoms with Crippen molar-refractivity contribution in [1.82, 2.24) is 9.55 Å². The molecule has 1 aliphatic rings. The van der Waals surface area contributed by atoms with Crippen molar-refractivity contribution < 1.29 is 0 Å². The molecule has 1 aromatic carbocycles. The molecule has 2 aromatic rings. The van der Waals surface area contributed by atoms with E-state index in [1.54, 1.807) is 0 Å². The van der Waals surface area contributed by atoms with Crippen molar-refractivity contribution in [2.75, 3.05) is 5.73 Å². The number of aryl methyl sites for hydroxylation is 3. The lowest BCUT2D eigenvalue weighted by Gasteiger charge is -2.07. The average Bonchev–Trinajstić information content (AvgIpc) is 3.19. The second kappa shape index (κ2) is 4.97. The Bertz CT molecular complexity index is 636. The minimum absolute atomic E-state index is 0.587. The van der Waals surface area contributed by atoms with Crippen molar-refractivity contribution in [2.45, 2.75) is 52.5 Å². The Hall–Kier alpha value is -1.77. The fourth-order valence-corrected chi connectivity index (χ4v) is 2.73. The molecule has 1 heterocycles. The van der Waals surface area contributed by atoms with Gasteiger partial charge in [-0.2, -0.15) is 0 Å². The van der Waals surface area contributed by atoms with Gasteiger partial charge in [-0.25, -0.2) is 4.98 Å². The maximum absolute atomic E-state index is 6.40. The first-order chi connectivity index (χ1) is 9.61. The molecule has 1 aromatic heterocycles. The highest BCUT2D eigenvalue weighted by atomic mass is 15.2. The number of hydrogen-bond donors (Lipinski definition) is 1. The van der Waals surface area contributed by atoms with Crippen LogP contribution in [0.1, 0.15) is 49.2 Å². The number of benzene rings is 1. The van der Waals surface area contributed by atoms with Gasteiger partial charge in [0, 0.05) is 18.0 Å². The topological polar surface area (TPSA) is 43.8 Å². The highest BCUT2D eigenvalue weighted by Crippen LogP contribution is 2.41. The maximum atomic E-state index is 6.40. The van der Waals surface area contributed by atoms with Crippen LogP contribution in [0.25, 0.3) is 11.3 Å². The molecule has 3 heteroatoms. The van der Waals surface area contributed by atoms with Crippen LogP contribution in [0, 0.1) is 13.8 Å². The van der Waals surface area contributed by atoms with Crippen LogP contribution < -0.4 is 5.73 Å². The van der Waals surface area contributed by atoms with Crippen LogP contribution in [0.4, 0.5) is 5.82 Å². The number of nitrogens with zero attached hydrogens (tertiary/aromatic N) is 2. The molecule has 0 radical (unpaired) electrons. The first-order valence-electron chi connectivity index (χ1n) is 7.56. The third-order valence-electron chi connectivity index (χ3n) is 4.19. The smallest absolute Gasteiger partial charge is 0.131 e. The second-order valence-electron chi connectivity index (χ2n) is 5.91. The van der Waals surface area contributed by atoms with Crippen molar-refractivity contribution in [3.63, 3.8) is 0 Å². The normalized spacial score (nSPS) is 14.8. The zero-order chi connectivity index (χ0) is 14.3. The molecule has 0 amide bonds. The Morgan fingerprint density at radius 3 is 2.60 bits per heavy atom. The lowest BCUT2D eigenvalue weighted by atomic mass is 10.0. The molecule has 0 atom stereocenters. The number of anilines is 1. The Kier molecular flexibility index (Phi) is 3.28. The summed E-state index contributed by atoms with van der Waals surface area (Å²) in [4.78, 5) is 4.84. The van der Waals surface area contributed by atoms with E-state index in [1.807, 2.05) is 0 Å². The van der Waals surface area contributed by atoms with E-state index in [4.69, 9.17) is 10.7 Å². The lowest BCUT2D eigenvalue weighted by Crippen LogP contribution is -2.05. The second-order valence-corrected chi connectivity index (χ2v) is 5.91. The SMILES string of the molecule is CCCc1nc(-c2ccc(C)c(C)c2)c(N)n1C1CC1. The van der Waals surface area contributed by atoms with Gasteiger partial charge in [0.15, 0.2) is 0 Å². The van der Waals surface area contributed by atoms with Crippen LogP contribution in [-0.4, -0.2) is 9.55 Å². The Balaban J connectivity index is 2.08. The summed E-state index contributed by atoms with van der Waals surface area (Å²) in [7, 11) is 0. The first kappa shape index (κ1) is 13.2. The molecular weight excluding hydrogens is 246 g/mol. The summed E-state index contributed by atoms with van der Waals surface area (Å²) in [5.41, 5.74) is 11.1. The van der Waals surface area contributed by atoms with Gasteiger partial charge in [-0.1, -0.05) is 19.1 Å². The molecule has 0 saturated heterocycles. The maximum Gasteiger partial charge on any atom is 0.131 e. The van der Waals surface area contributed by atoms with Gasteiger partial charge in [0.05, 0.1) is 0 Å². The van der Waals surface area contributed by atoms with Crippen LogP contribution >= 0.6 is 0 Å². The van der Waals surface area contributed by atoms with Gasteiger partial charge in [-0.3, -0.25) is 0 Å². The Morgan fingerprint density at radius 2 is 2.00 bits per heavy atom. The quantitative estimate of drug-likeness (QED) is 0.910. The van der Waals surface area contributed by atoms with E-state index in [0.717, 1.165) is 35.7 Å². The van der Waals surface area contributed by atoms with E-state index in [2.05, 4.69) is 43.5 Å². The monoisotopic (exact) mass is 269 g/mol.